The Morgan fingerprint density at radius 1 is 1.00 bits per heavy atom. The zero-order valence-corrected chi connectivity index (χ0v) is 8.28. The monoisotopic (exact) mass is 174 g/mol. The van der Waals surface area contributed by atoms with Gasteiger partial charge in [0, 0.05) is 0 Å². The number of rotatable bonds is 2. The van der Waals surface area contributed by atoms with E-state index in [4.69, 9.17) is 0 Å². The van der Waals surface area contributed by atoms with E-state index in [1.807, 2.05) is 51.1 Å². The van der Waals surface area contributed by atoms with E-state index in [1.54, 1.807) is 0 Å². The van der Waals surface area contributed by atoms with Crippen molar-refractivity contribution in [3.8, 4) is 0 Å². The van der Waals surface area contributed by atoms with Crippen LogP contribution >= 0.6 is 0 Å². The number of nitrogens with zero attached hydrogens (tertiary/aromatic N) is 2. The molecule has 1 rings (SSSR count). The summed E-state index contributed by atoms with van der Waals surface area (Å²) in [5, 5.41) is 8.19. The van der Waals surface area contributed by atoms with Crippen LogP contribution in [0.25, 0.3) is 0 Å². The van der Waals surface area contributed by atoms with E-state index in [2.05, 4.69) is 10.2 Å². The van der Waals surface area contributed by atoms with Crippen molar-refractivity contribution in [3.63, 3.8) is 0 Å². The van der Waals surface area contributed by atoms with Crippen LogP contribution in [0, 0.1) is 0 Å². The van der Waals surface area contributed by atoms with Crippen molar-refractivity contribution < 1.29 is 0 Å². The van der Waals surface area contributed by atoms with Gasteiger partial charge in [-0.25, -0.2) is 0 Å². The highest BCUT2D eigenvalue weighted by molar-refractivity contribution is 5.35. The number of azo groups is 1. The van der Waals surface area contributed by atoms with E-state index in [1.165, 1.54) is 5.57 Å². The average molecular weight is 174 g/mol. The van der Waals surface area contributed by atoms with Crippen molar-refractivity contribution in [3.05, 3.63) is 41.6 Å². The summed E-state index contributed by atoms with van der Waals surface area (Å²) in [5.74, 6) is 0. The predicted molar refractivity (Wildman–Crippen MR) is 55.0 cm³/mol. The first-order chi connectivity index (χ1) is 6.20. The molecule has 0 aliphatic rings. The molecule has 0 bridgehead atoms. The van der Waals surface area contributed by atoms with Gasteiger partial charge in [-0.15, -0.1) is 0 Å². The van der Waals surface area contributed by atoms with Crippen molar-refractivity contribution in [2.24, 2.45) is 10.2 Å². The zero-order chi connectivity index (χ0) is 9.68. The fourth-order valence-electron chi connectivity index (χ4n) is 0.727. The molecule has 0 aliphatic carbocycles. The van der Waals surface area contributed by atoms with Crippen LogP contribution in [0.15, 0.2) is 51.8 Å². The Morgan fingerprint density at radius 2 is 1.62 bits per heavy atom. The second-order valence-corrected chi connectivity index (χ2v) is 3.12. The average Bonchev–Trinajstić information content (AvgIpc) is 2.15. The Hall–Kier alpha value is -1.44. The van der Waals surface area contributed by atoms with E-state index >= 15 is 0 Å². The lowest BCUT2D eigenvalue weighted by molar-refractivity contribution is 1.08. The Bertz CT molecular complexity index is 319. The van der Waals surface area contributed by atoms with Crippen LogP contribution in [-0.4, -0.2) is 0 Å². The maximum absolute atomic E-state index is 4.10. The second kappa shape index (κ2) is 4.55. The lowest BCUT2D eigenvalue weighted by Crippen LogP contribution is -1.72. The molecule has 0 saturated carbocycles. The largest absolute Gasteiger partial charge is 0.155 e. The van der Waals surface area contributed by atoms with Crippen LogP contribution in [0.4, 0.5) is 5.69 Å². The number of allylic oxidation sites excluding steroid dienone is 2. The van der Waals surface area contributed by atoms with Crippen molar-refractivity contribution in [2.45, 2.75) is 20.8 Å². The second-order valence-electron chi connectivity index (χ2n) is 3.12. The molecule has 0 unspecified atom stereocenters. The molecule has 13 heavy (non-hydrogen) atoms. The van der Waals surface area contributed by atoms with Crippen LogP contribution in [0.2, 0.25) is 0 Å². The van der Waals surface area contributed by atoms with E-state index in [9.17, 15) is 0 Å². The molecule has 0 aliphatic heterocycles. The van der Waals surface area contributed by atoms with Gasteiger partial charge in [0.1, 0.15) is 0 Å². The first-order valence-corrected chi connectivity index (χ1v) is 4.31. The van der Waals surface area contributed by atoms with Crippen LogP contribution in [0.1, 0.15) is 20.8 Å². The van der Waals surface area contributed by atoms with Crippen molar-refractivity contribution in [1.82, 2.24) is 0 Å². The zero-order valence-electron chi connectivity index (χ0n) is 8.28. The van der Waals surface area contributed by atoms with E-state index in [0.717, 1.165) is 11.4 Å². The van der Waals surface area contributed by atoms with Gasteiger partial charge in [-0.2, -0.15) is 10.2 Å². The molecule has 0 radical (unpaired) electrons. The van der Waals surface area contributed by atoms with Crippen molar-refractivity contribution >= 4 is 5.69 Å². The molecular formula is C11H14N2. The van der Waals surface area contributed by atoms with E-state index in [-0.39, 0.29) is 0 Å². The predicted octanol–water partition coefficient (Wildman–Crippen LogP) is 4.08. The summed E-state index contributed by atoms with van der Waals surface area (Å²) in [4.78, 5) is 0. The molecule has 1 aromatic rings. The highest BCUT2D eigenvalue weighted by Crippen LogP contribution is 2.13. The molecule has 0 atom stereocenters. The SMILES string of the molecule is CC(C)=C(C)N=Nc1ccccc1. The third-order valence-corrected chi connectivity index (χ3v) is 1.80. The van der Waals surface area contributed by atoms with Crippen molar-refractivity contribution in [1.29, 1.82) is 0 Å². The lowest BCUT2D eigenvalue weighted by Gasteiger charge is -1.93. The van der Waals surface area contributed by atoms with Crippen LogP contribution < -0.4 is 0 Å². The smallest absolute Gasteiger partial charge is 0.0856 e. The Kier molecular flexibility index (Phi) is 3.38. The Morgan fingerprint density at radius 3 is 2.15 bits per heavy atom. The maximum Gasteiger partial charge on any atom is 0.0856 e. The minimum atomic E-state index is 0.892. The molecule has 0 N–H and O–H groups in total. The van der Waals surface area contributed by atoms with Gasteiger partial charge in [-0.05, 0) is 32.9 Å². The first-order valence-electron chi connectivity index (χ1n) is 4.31. The van der Waals surface area contributed by atoms with Gasteiger partial charge in [0.25, 0.3) is 0 Å². The highest BCUT2D eigenvalue weighted by atomic mass is 15.1. The standard InChI is InChI=1S/C11H14N2/c1-9(2)10(3)12-13-11-7-5-4-6-8-11/h4-8H,1-3H3. The van der Waals surface area contributed by atoms with Crippen molar-refractivity contribution in [2.75, 3.05) is 0 Å². The summed E-state index contributed by atoms with van der Waals surface area (Å²) in [7, 11) is 0. The van der Waals surface area contributed by atoms with Gasteiger partial charge in [-0.1, -0.05) is 23.8 Å². The van der Waals surface area contributed by atoms with E-state index in [0.29, 0.717) is 0 Å². The summed E-state index contributed by atoms with van der Waals surface area (Å²) in [5.41, 5.74) is 3.06. The molecule has 0 amide bonds. The molecule has 68 valence electrons. The molecule has 1 aromatic carbocycles. The van der Waals surface area contributed by atoms with E-state index < -0.39 is 0 Å². The van der Waals surface area contributed by atoms with Gasteiger partial charge >= 0.3 is 0 Å². The van der Waals surface area contributed by atoms with Crippen LogP contribution in [0.3, 0.4) is 0 Å². The fourth-order valence-corrected chi connectivity index (χ4v) is 0.727. The maximum atomic E-state index is 4.10. The molecule has 0 fully saturated rings. The molecule has 0 saturated heterocycles. The minimum Gasteiger partial charge on any atom is -0.155 e. The Labute approximate surface area is 79.0 Å². The van der Waals surface area contributed by atoms with Gasteiger partial charge < -0.3 is 0 Å². The normalized spacial score (nSPS) is 10.4. The third-order valence-electron chi connectivity index (χ3n) is 1.80. The van der Waals surface area contributed by atoms with Gasteiger partial charge in [-0.3, -0.25) is 0 Å². The minimum absolute atomic E-state index is 0.892. The van der Waals surface area contributed by atoms with Gasteiger partial charge in [0.15, 0.2) is 0 Å². The molecule has 2 nitrogen and oxygen atoms in total. The molecular weight excluding hydrogens is 160 g/mol. The van der Waals surface area contributed by atoms with Gasteiger partial charge in [0.2, 0.25) is 0 Å². The van der Waals surface area contributed by atoms with Crippen LogP contribution in [0.5, 0.6) is 0 Å². The summed E-state index contributed by atoms with van der Waals surface area (Å²) in [6.07, 6.45) is 0. The first kappa shape index (κ1) is 9.65. The topological polar surface area (TPSA) is 24.7 Å². The third kappa shape index (κ3) is 3.20. The number of hydrogen-bond acceptors (Lipinski definition) is 2. The fraction of sp³-hybridized carbons (Fsp3) is 0.273. The molecule has 2 heteroatoms. The lowest BCUT2D eigenvalue weighted by atomic mass is 10.3. The van der Waals surface area contributed by atoms with Gasteiger partial charge in [0.05, 0.1) is 11.4 Å². The summed E-state index contributed by atoms with van der Waals surface area (Å²) in [6.45, 7) is 6.01. The molecule has 0 heterocycles. The number of benzene rings is 1. The summed E-state index contributed by atoms with van der Waals surface area (Å²) >= 11 is 0. The summed E-state index contributed by atoms with van der Waals surface area (Å²) in [6, 6.07) is 9.73. The van der Waals surface area contributed by atoms with Crippen LogP contribution in [-0.2, 0) is 0 Å². The molecule has 0 spiro atoms. The quantitative estimate of drug-likeness (QED) is 0.603. The highest BCUT2D eigenvalue weighted by Gasteiger charge is 1.88. The Balaban J connectivity index is 2.76. The number of hydrogen-bond donors (Lipinski definition) is 0. The molecule has 0 aromatic heterocycles. The summed E-state index contributed by atoms with van der Waals surface area (Å²) < 4.78 is 0.